The molecule has 0 aliphatic heterocycles. The number of ether oxygens (including phenoxy) is 1. The van der Waals surface area contributed by atoms with Gasteiger partial charge in [-0.15, -0.1) is 0 Å². The van der Waals surface area contributed by atoms with Crippen LogP contribution in [0.4, 0.5) is 0 Å². The molecule has 1 heteroatoms. The predicted molar refractivity (Wildman–Crippen MR) is 129 cm³/mol. The second-order valence-corrected chi connectivity index (χ2v) is 8.14. The van der Waals surface area contributed by atoms with Crippen molar-refractivity contribution >= 4 is 6.08 Å². The zero-order valence-corrected chi connectivity index (χ0v) is 17.6. The SMILES string of the molecule is C=Cc1ccc(COc2ccc(-c3ccccc3C3CCc4ccccc43)cc2)cc1. The fourth-order valence-corrected chi connectivity index (χ4v) is 4.59. The van der Waals surface area contributed by atoms with Gasteiger partial charge in [-0.1, -0.05) is 97.6 Å². The van der Waals surface area contributed by atoms with Gasteiger partial charge >= 0.3 is 0 Å². The van der Waals surface area contributed by atoms with Crippen molar-refractivity contribution in [2.75, 3.05) is 0 Å². The molecule has 31 heavy (non-hydrogen) atoms. The van der Waals surface area contributed by atoms with Gasteiger partial charge in [-0.2, -0.15) is 0 Å². The summed E-state index contributed by atoms with van der Waals surface area (Å²) in [7, 11) is 0. The zero-order chi connectivity index (χ0) is 21.0. The summed E-state index contributed by atoms with van der Waals surface area (Å²) < 4.78 is 6.01. The third kappa shape index (κ3) is 4.04. The van der Waals surface area contributed by atoms with E-state index in [2.05, 4.69) is 104 Å². The molecule has 0 heterocycles. The Morgan fingerprint density at radius 3 is 2.26 bits per heavy atom. The van der Waals surface area contributed by atoms with Crippen molar-refractivity contribution in [3.63, 3.8) is 0 Å². The molecule has 1 aliphatic rings. The predicted octanol–water partition coefficient (Wildman–Crippen LogP) is 7.65. The molecule has 0 radical (unpaired) electrons. The minimum atomic E-state index is 0.474. The number of benzene rings is 4. The van der Waals surface area contributed by atoms with E-state index >= 15 is 0 Å². The fraction of sp³-hybridized carbons (Fsp3) is 0.133. The highest BCUT2D eigenvalue weighted by molar-refractivity contribution is 5.70. The molecule has 0 N–H and O–H groups in total. The lowest BCUT2D eigenvalue weighted by molar-refractivity contribution is 0.306. The molecular weight excluding hydrogens is 376 g/mol. The van der Waals surface area contributed by atoms with Crippen molar-refractivity contribution in [1.29, 1.82) is 0 Å². The van der Waals surface area contributed by atoms with E-state index in [1.165, 1.54) is 34.2 Å². The lowest BCUT2D eigenvalue weighted by atomic mass is 9.87. The molecule has 1 atom stereocenters. The molecule has 0 bridgehead atoms. The normalized spacial score (nSPS) is 14.8. The molecule has 0 amide bonds. The Morgan fingerprint density at radius 2 is 1.48 bits per heavy atom. The molecule has 0 saturated heterocycles. The monoisotopic (exact) mass is 402 g/mol. The van der Waals surface area contributed by atoms with E-state index in [-0.39, 0.29) is 0 Å². The van der Waals surface area contributed by atoms with Crippen LogP contribution in [0.25, 0.3) is 17.2 Å². The largest absolute Gasteiger partial charge is 0.489 e. The van der Waals surface area contributed by atoms with Gasteiger partial charge in [-0.3, -0.25) is 0 Å². The molecular formula is C30H26O. The van der Waals surface area contributed by atoms with Gasteiger partial charge in [0.05, 0.1) is 0 Å². The Balaban J connectivity index is 1.35. The summed E-state index contributed by atoms with van der Waals surface area (Å²) in [6.07, 6.45) is 4.20. The van der Waals surface area contributed by atoms with Gasteiger partial charge in [-0.25, -0.2) is 0 Å². The van der Waals surface area contributed by atoms with Crippen LogP contribution in [0.2, 0.25) is 0 Å². The smallest absolute Gasteiger partial charge is 0.119 e. The van der Waals surface area contributed by atoms with Gasteiger partial charge in [0.1, 0.15) is 12.4 Å². The molecule has 0 fully saturated rings. The van der Waals surface area contributed by atoms with Crippen LogP contribution in [0.1, 0.15) is 40.2 Å². The topological polar surface area (TPSA) is 9.23 Å². The first kappa shape index (κ1) is 19.4. The lowest BCUT2D eigenvalue weighted by Gasteiger charge is -2.17. The van der Waals surface area contributed by atoms with E-state index in [9.17, 15) is 0 Å². The summed E-state index contributed by atoms with van der Waals surface area (Å²) in [5.41, 5.74) is 9.22. The van der Waals surface area contributed by atoms with E-state index in [0.717, 1.165) is 23.3 Å². The molecule has 5 rings (SSSR count). The van der Waals surface area contributed by atoms with Gasteiger partial charge in [0, 0.05) is 5.92 Å². The van der Waals surface area contributed by atoms with Crippen molar-refractivity contribution in [2.24, 2.45) is 0 Å². The third-order valence-corrected chi connectivity index (χ3v) is 6.26. The molecule has 1 unspecified atom stereocenters. The van der Waals surface area contributed by atoms with Gasteiger partial charge in [-0.05, 0) is 63.9 Å². The van der Waals surface area contributed by atoms with Gasteiger partial charge in [0.25, 0.3) is 0 Å². The number of hydrogen-bond acceptors (Lipinski definition) is 1. The number of hydrogen-bond donors (Lipinski definition) is 0. The maximum atomic E-state index is 6.01. The fourth-order valence-electron chi connectivity index (χ4n) is 4.59. The van der Waals surface area contributed by atoms with E-state index < -0.39 is 0 Å². The van der Waals surface area contributed by atoms with E-state index in [1.807, 2.05) is 6.08 Å². The Bertz CT molecular complexity index is 1190. The number of aryl methyl sites for hydroxylation is 1. The average molecular weight is 403 g/mol. The summed E-state index contributed by atoms with van der Waals surface area (Å²) in [5.74, 6) is 1.36. The second-order valence-electron chi connectivity index (χ2n) is 8.14. The highest BCUT2D eigenvalue weighted by Crippen LogP contribution is 2.42. The highest BCUT2D eigenvalue weighted by Gasteiger charge is 2.25. The minimum absolute atomic E-state index is 0.474. The first-order valence-electron chi connectivity index (χ1n) is 10.9. The molecule has 0 saturated carbocycles. The van der Waals surface area contributed by atoms with E-state index in [1.54, 1.807) is 0 Å². The third-order valence-electron chi connectivity index (χ3n) is 6.26. The highest BCUT2D eigenvalue weighted by atomic mass is 16.5. The number of fused-ring (bicyclic) bond motifs is 1. The summed E-state index contributed by atoms with van der Waals surface area (Å²) in [6.45, 7) is 4.36. The van der Waals surface area contributed by atoms with Crippen LogP contribution < -0.4 is 4.74 Å². The summed E-state index contributed by atoms with van der Waals surface area (Å²) in [5, 5.41) is 0. The van der Waals surface area contributed by atoms with E-state index in [4.69, 9.17) is 4.74 Å². The standard InChI is InChI=1S/C30H26O/c1-2-22-11-13-23(14-12-22)21-31-26-18-15-25(16-19-26)28-9-5-6-10-29(28)30-20-17-24-7-3-4-8-27(24)30/h2-16,18-19,30H,1,17,20-21H2. The summed E-state index contributed by atoms with van der Waals surface area (Å²) in [4.78, 5) is 0. The van der Waals surface area contributed by atoms with Crippen molar-refractivity contribution < 1.29 is 4.74 Å². The summed E-state index contributed by atoms with van der Waals surface area (Å²) in [6, 6.07) is 34.5. The van der Waals surface area contributed by atoms with Crippen molar-refractivity contribution in [3.8, 4) is 16.9 Å². The van der Waals surface area contributed by atoms with Gasteiger partial charge in [0.15, 0.2) is 0 Å². The van der Waals surface area contributed by atoms with Crippen LogP contribution in [-0.4, -0.2) is 0 Å². The quantitative estimate of drug-likeness (QED) is 0.322. The van der Waals surface area contributed by atoms with Crippen LogP contribution in [0.15, 0.2) is 104 Å². The van der Waals surface area contributed by atoms with Crippen LogP contribution >= 0.6 is 0 Å². The van der Waals surface area contributed by atoms with Gasteiger partial charge in [0.2, 0.25) is 0 Å². The molecule has 0 spiro atoms. The Labute approximate surface area is 184 Å². The van der Waals surface area contributed by atoms with E-state index in [0.29, 0.717) is 12.5 Å². The van der Waals surface area contributed by atoms with Crippen molar-refractivity contribution in [1.82, 2.24) is 0 Å². The molecule has 4 aromatic carbocycles. The molecule has 1 nitrogen and oxygen atoms in total. The van der Waals surface area contributed by atoms with Crippen LogP contribution in [0.5, 0.6) is 5.75 Å². The maximum absolute atomic E-state index is 6.01. The Kier molecular flexibility index (Phi) is 5.41. The molecule has 1 aliphatic carbocycles. The number of rotatable bonds is 6. The maximum Gasteiger partial charge on any atom is 0.119 e. The molecule has 4 aromatic rings. The Morgan fingerprint density at radius 1 is 0.774 bits per heavy atom. The molecule has 0 aromatic heterocycles. The first-order chi connectivity index (χ1) is 15.3. The van der Waals surface area contributed by atoms with Gasteiger partial charge < -0.3 is 4.74 Å². The lowest BCUT2D eigenvalue weighted by Crippen LogP contribution is -1.99. The first-order valence-corrected chi connectivity index (χ1v) is 10.9. The summed E-state index contributed by atoms with van der Waals surface area (Å²) >= 11 is 0. The minimum Gasteiger partial charge on any atom is -0.489 e. The second kappa shape index (κ2) is 8.65. The zero-order valence-electron chi connectivity index (χ0n) is 17.6. The van der Waals surface area contributed by atoms with Crippen LogP contribution in [-0.2, 0) is 13.0 Å². The van der Waals surface area contributed by atoms with Crippen LogP contribution in [0.3, 0.4) is 0 Å². The average Bonchev–Trinajstić information content (AvgIpc) is 3.27. The molecule has 152 valence electrons. The van der Waals surface area contributed by atoms with Crippen molar-refractivity contribution in [2.45, 2.75) is 25.4 Å². The van der Waals surface area contributed by atoms with Crippen LogP contribution in [0, 0.1) is 0 Å². The Hall–Kier alpha value is -3.58. The van der Waals surface area contributed by atoms with Crippen molar-refractivity contribution in [3.05, 3.63) is 131 Å².